The van der Waals surface area contributed by atoms with Crippen LogP contribution in [0.25, 0.3) is 6.08 Å². The number of carbonyl (C=O) groups excluding carboxylic acids is 2. The molecule has 0 saturated heterocycles. The van der Waals surface area contributed by atoms with E-state index in [4.69, 9.17) is 9.47 Å². The highest BCUT2D eigenvalue weighted by Crippen LogP contribution is 2.09. The molecule has 2 rings (SSSR count). The third-order valence-electron chi connectivity index (χ3n) is 3.06. The Morgan fingerprint density at radius 3 is 2.60 bits per heavy atom. The van der Waals surface area contributed by atoms with Gasteiger partial charge in [-0.1, -0.05) is 30.3 Å². The minimum atomic E-state index is -0.547. The molecular weight excluding hydrogens is 320 g/mol. The Kier molecular flexibility index (Phi) is 6.11. The fourth-order valence-corrected chi connectivity index (χ4v) is 2.05. The molecular formula is C19H22N2O4. The third-order valence-corrected chi connectivity index (χ3v) is 3.06. The van der Waals surface area contributed by atoms with E-state index in [-0.39, 0.29) is 19.1 Å². The lowest BCUT2D eigenvalue weighted by Gasteiger charge is -2.19. The molecule has 0 amide bonds. The van der Waals surface area contributed by atoms with Gasteiger partial charge in [0.2, 0.25) is 0 Å². The van der Waals surface area contributed by atoms with E-state index in [1.54, 1.807) is 17.0 Å². The molecule has 0 aliphatic heterocycles. The summed E-state index contributed by atoms with van der Waals surface area (Å²) in [7, 11) is 0. The van der Waals surface area contributed by atoms with Crippen LogP contribution in [0.2, 0.25) is 0 Å². The van der Waals surface area contributed by atoms with E-state index in [2.05, 4.69) is 4.98 Å². The van der Waals surface area contributed by atoms with E-state index in [0.717, 1.165) is 5.56 Å². The number of esters is 2. The fraction of sp³-hybridized carbons (Fsp3) is 0.316. The van der Waals surface area contributed by atoms with Crippen LogP contribution in [0.1, 0.15) is 32.2 Å². The molecule has 6 heteroatoms. The minimum Gasteiger partial charge on any atom is -0.459 e. The summed E-state index contributed by atoms with van der Waals surface area (Å²) in [6.45, 7) is 5.65. The van der Waals surface area contributed by atoms with Gasteiger partial charge in [-0.25, -0.2) is 9.78 Å². The second-order valence-electron chi connectivity index (χ2n) is 6.43. The summed E-state index contributed by atoms with van der Waals surface area (Å²) in [4.78, 5) is 27.8. The Morgan fingerprint density at radius 1 is 1.20 bits per heavy atom. The quantitative estimate of drug-likeness (QED) is 0.596. The molecule has 0 atom stereocenters. The molecule has 25 heavy (non-hydrogen) atoms. The van der Waals surface area contributed by atoms with Crippen molar-refractivity contribution in [2.24, 2.45) is 0 Å². The van der Waals surface area contributed by atoms with Crippen molar-refractivity contribution in [3.05, 3.63) is 60.2 Å². The summed E-state index contributed by atoms with van der Waals surface area (Å²) in [5, 5.41) is 0. The molecule has 1 heterocycles. The molecule has 0 fully saturated rings. The van der Waals surface area contributed by atoms with Crippen LogP contribution in [0.5, 0.6) is 0 Å². The lowest BCUT2D eigenvalue weighted by molar-refractivity contribution is -0.155. The summed E-state index contributed by atoms with van der Waals surface area (Å²) in [6.07, 6.45) is 6.01. The number of ether oxygens (including phenoxy) is 2. The Hall–Kier alpha value is -2.89. The maximum Gasteiger partial charge on any atom is 0.331 e. The topological polar surface area (TPSA) is 70.4 Å². The van der Waals surface area contributed by atoms with E-state index in [0.29, 0.717) is 5.82 Å². The number of aromatic nitrogens is 2. The predicted molar refractivity (Wildman–Crippen MR) is 93.3 cm³/mol. The highest BCUT2D eigenvalue weighted by molar-refractivity contribution is 5.86. The minimum absolute atomic E-state index is 0.0238. The van der Waals surface area contributed by atoms with E-state index in [1.807, 2.05) is 51.1 Å². The maximum atomic E-state index is 11.9. The van der Waals surface area contributed by atoms with Gasteiger partial charge in [0.1, 0.15) is 24.6 Å². The molecule has 0 bridgehead atoms. The molecule has 0 spiro atoms. The number of benzene rings is 1. The van der Waals surface area contributed by atoms with Gasteiger partial charge in [-0.05, 0) is 32.4 Å². The molecule has 0 aliphatic rings. The monoisotopic (exact) mass is 342 g/mol. The van der Waals surface area contributed by atoms with Crippen LogP contribution in [-0.4, -0.2) is 27.1 Å². The second-order valence-corrected chi connectivity index (χ2v) is 6.43. The van der Waals surface area contributed by atoms with Gasteiger partial charge < -0.3 is 14.0 Å². The SMILES string of the molecule is CC(C)(C)OC(=O)Cn1ccnc1/C=C/C(=O)OCc1ccccc1. The molecule has 2 aromatic rings. The van der Waals surface area contributed by atoms with E-state index < -0.39 is 11.6 Å². The van der Waals surface area contributed by atoms with Crippen LogP contribution in [0, 0.1) is 0 Å². The Labute approximate surface area is 147 Å². The summed E-state index contributed by atoms with van der Waals surface area (Å²) in [5.74, 6) is -0.370. The van der Waals surface area contributed by atoms with Crippen molar-refractivity contribution >= 4 is 18.0 Å². The average Bonchev–Trinajstić information content (AvgIpc) is 2.97. The molecule has 0 unspecified atom stereocenters. The van der Waals surface area contributed by atoms with Crippen LogP contribution in [0.15, 0.2) is 48.8 Å². The van der Waals surface area contributed by atoms with Crippen LogP contribution >= 0.6 is 0 Å². The van der Waals surface area contributed by atoms with E-state index in [9.17, 15) is 9.59 Å². The van der Waals surface area contributed by atoms with Gasteiger partial charge in [0.05, 0.1) is 0 Å². The van der Waals surface area contributed by atoms with E-state index in [1.165, 1.54) is 12.2 Å². The first-order valence-electron chi connectivity index (χ1n) is 7.95. The largest absolute Gasteiger partial charge is 0.459 e. The normalized spacial score (nSPS) is 11.5. The molecule has 0 aliphatic carbocycles. The molecule has 1 aromatic heterocycles. The summed E-state index contributed by atoms with van der Waals surface area (Å²) in [6, 6.07) is 9.42. The molecule has 132 valence electrons. The van der Waals surface area contributed by atoms with Crippen molar-refractivity contribution in [3.63, 3.8) is 0 Å². The van der Waals surface area contributed by atoms with E-state index >= 15 is 0 Å². The number of rotatable bonds is 6. The maximum absolute atomic E-state index is 11.9. The zero-order valence-electron chi connectivity index (χ0n) is 14.6. The van der Waals surface area contributed by atoms with Crippen molar-refractivity contribution in [1.82, 2.24) is 9.55 Å². The van der Waals surface area contributed by atoms with Crippen molar-refractivity contribution in [2.75, 3.05) is 0 Å². The Balaban J connectivity index is 1.90. The van der Waals surface area contributed by atoms with Crippen molar-refractivity contribution in [2.45, 2.75) is 39.5 Å². The molecule has 6 nitrogen and oxygen atoms in total. The Morgan fingerprint density at radius 2 is 1.92 bits per heavy atom. The zero-order chi connectivity index (χ0) is 18.3. The molecule has 1 aromatic carbocycles. The third kappa shape index (κ3) is 6.63. The van der Waals surface area contributed by atoms with Crippen molar-refractivity contribution < 1.29 is 19.1 Å². The first kappa shape index (κ1) is 18.4. The van der Waals surface area contributed by atoms with Crippen LogP contribution in [0.3, 0.4) is 0 Å². The number of imidazole rings is 1. The fourth-order valence-electron chi connectivity index (χ4n) is 2.05. The molecule has 0 saturated carbocycles. The van der Waals surface area contributed by atoms with Crippen LogP contribution < -0.4 is 0 Å². The van der Waals surface area contributed by atoms with Gasteiger partial charge in [-0.3, -0.25) is 4.79 Å². The van der Waals surface area contributed by atoms with Gasteiger partial charge in [0.25, 0.3) is 0 Å². The zero-order valence-corrected chi connectivity index (χ0v) is 14.6. The van der Waals surface area contributed by atoms with Crippen molar-refractivity contribution in [1.29, 1.82) is 0 Å². The first-order valence-corrected chi connectivity index (χ1v) is 7.95. The lowest BCUT2D eigenvalue weighted by atomic mass is 10.2. The van der Waals surface area contributed by atoms with Gasteiger partial charge in [0.15, 0.2) is 0 Å². The smallest absolute Gasteiger partial charge is 0.331 e. The molecule has 0 radical (unpaired) electrons. The summed E-state index contributed by atoms with van der Waals surface area (Å²) >= 11 is 0. The predicted octanol–water partition coefficient (Wildman–Crippen LogP) is 2.98. The van der Waals surface area contributed by atoms with Crippen LogP contribution in [-0.2, 0) is 32.2 Å². The summed E-state index contributed by atoms with van der Waals surface area (Å²) < 4.78 is 12.0. The second kappa shape index (κ2) is 8.28. The number of hydrogen-bond donors (Lipinski definition) is 0. The Bertz CT molecular complexity index is 742. The lowest BCUT2D eigenvalue weighted by Crippen LogP contribution is -2.26. The van der Waals surface area contributed by atoms with Gasteiger partial charge >= 0.3 is 11.9 Å². The number of nitrogens with zero attached hydrogens (tertiary/aromatic N) is 2. The highest BCUT2D eigenvalue weighted by Gasteiger charge is 2.17. The standard InChI is InChI=1S/C19H22N2O4/c1-19(2,3)25-18(23)13-21-12-11-20-16(21)9-10-17(22)24-14-15-7-5-4-6-8-15/h4-12H,13-14H2,1-3H3/b10-9+. The highest BCUT2D eigenvalue weighted by atomic mass is 16.6. The summed E-state index contributed by atoms with van der Waals surface area (Å²) in [5.41, 5.74) is 0.366. The van der Waals surface area contributed by atoms with Gasteiger partial charge in [-0.2, -0.15) is 0 Å². The van der Waals surface area contributed by atoms with Crippen LogP contribution in [0.4, 0.5) is 0 Å². The first-order chi connectivity index (χ1) is 11.8. The van der Waals surface area contributed by atoms with Crippen molar-refractivity contribution in [3.8, 4) is 0 Å². The van der Waals surface area contributed by atoms with Gasteiger partial charge in [-0.15, -0.1) is 0 Å². The number of carbonyl (C=O) groups is 2. The van der Waals surface area contributed by atoms with Gasteiger partial charge in [0, 0.05) is 18.5 Å². The average molecular weight is 342 g/mol. The number of hydrogen-bond acceptors (Lipinski definition) is 5. The molecule has 0 N–H and O–H groups in total.